The monoisotopic (exact) mass is 250 g/mol. The van der Waals surface area contributed by atoms with E-state index in [2.05, 4.69) is 71.2 Å². The molecule has 0 aliphatic heterocycles. The number of benzene rings is 1. The summed E-state index contributed by atoms with van der Waals surface area (Å²) in [7, 11) is 8.50. The zero-order valence-corrected chi connectivity index (χ0v) is 13.4. The molecule has 0 aliphatic carbocycles. The van der Waals surface area contributed by atoms with Crippen molar-refractivity contribution in [1.29, 1.82) is 0 Å². The molecule has 0 N–H and O–H groups in total. The third-order valence-corrected chi connectivity index (χ3v) is 1.88. The van der Waals surface area contributed by atoms with Crippen molar-refractivity contribution in [3.63, 3.8) is 0 Å². The van der Waals surface area contributed by atoms with Crippen LogP contribution in [0.4, 0.5) is 5.69 Å². The van der Waals surface area contributed by atoms with Gasteiger partial charge in [0.2, 0.25) is 0 Å². The number of hydrogen-bond donors (Lipinski definition) is 0. The Kier molecular flexibility index (Phi) is 10.6. The van der Waals surface area contributed by atoms with Crippen LogP contribution in [0.1, 0.15) is 13.8 Å². The summed E-state index contributed by atoms with van der Waals surface area (Å²) >= 11 is 0. The van der Waals surface area contributed by atoms with Crippen LogP contribution in [0.15, 0.2) is 30.3 Å². The maximum Gasteiger partial charge on any atom is 3.00 e. The van der Waals surface area contributed by atoms with E-state index in [1.165, 1.54) is 5.69 Å². The van der Waals surface area contributed by atoms with Gasteiger partial charge in [0.15, 0.2) is 0 Å². The Bertz CT molecular complexity index is 257. The second-order valence-electron chi connectivity index (χ2n) is 5.19. The topological polar surface area (TPSA) is 3.24 Å². The van der Waals surface area contributed by atoms with Crippen LogP contribution in [0.3, 0.4) is 0 Å². The van der Waals surface area contributed by atoms with E-state index in [1.807, 2.05) is 6.07 Å². The molecule has 1 rings (SSSR count). The van der Waals surface area contributed by atoms with Crippen molar-refractivity contribution in [1.82, 2.24) is 0 Å². The minimum absolute atomic E-state index is 0. The average Bonchev–Trinajstić information content (AvgIpc) is 2.19. The zero-order chi connectivity index (χ0) is 12.6. The summed E-state index contributed by atoms with van der Waals surface area (Å²) in [6, 6.07) is 10.5. The Balaban J connectivity index is 0. The first-order valence-electron chi connectivity index (χ1n) is 5.97. The minimum atomic E-state index is 0. The van der Waals surface area contributed by atoms with Crippen LogP contribution in [0.5, 0.6) is 0 Å². The van der Waals surface area contributed by atoms with Crippen molar-refractivity contribution < 1.29 is 4.48 Å². The van der Waals surface area contributed by atoms with Crippen molar-refractivity contribution in [3.05, 3.63) is 30.3 Å². The van der Waals surface area contributed by atoms with Gasteiger partial charge in [0.05, 0.1) is 28.2 Å². The molecule has 0 bridgehead atoms. The molecular weight excluding hydrogens is 223 g/mol. The summed E-state index contributed by atoms with van der Waals surface area (Å²) < 4.78 is 1.00. The molecule has 0 atom stereocenters. The first-order valence-corrected chi connectivity index (χ1v) is 5.97. The molecule has 0 unspecified atom stereocenters. The fourth-order valence-electron chi connectivity index (χ4n) is 1.23. The van der Waals surface area contributed by atoms with Crippen LogP contribution < -0.4 is 4.90 Å². The Morgan fingerprint density at radius 2 is 1.24 bits per heavy atom. The van der Waals surface area contributed by atoms with Crippen LogP contribution in [0.2, 0.25) is 0 Å². The molecule has 0 saturated heterocycles. The normalized spacial score (nSPS) is 9.76. The molecule has 2 nitrogen and oxygen atoms in total. The molecule has 1 aromatic rings. The van der Waals surface area contributed by atoms with E-state index in [1.54, 1.807) is 0 Å². The molecule has 0 fully saturated rings. The fourth-order valence-corrected chi connectivity index (χ4v) is 1.23. The predicted octanol–water partition coefficient (Wildman–Crippen LogP) is 2.47. The van der Waals surface area contributed by atoms with Gasteiger partial charge in [-0.15, -0.1) is 0 Å². The molecule has 0 radical (unpaired) electrons. The molecule has 17 heavy (non-hydrogen) atoms. The largest absolute Gasteiger partial charge is 3.00 e. The van der Waals surface area contributed by atoms with E-state index in [0.717, 1.165) is 17.6 Å². The molecule has 0 amide bonds. The maximum atomic E-state index is 2.33. The molecule has 0 saturated carbocycles. The Labute approximate surface area is 118 Å². The van der Waals surface area contributed by atoms with Gasteiger partial charge in [0.25, 0.3) is 0 Å². The standard InChI is InChI=1S/C10H15N.C4H12N.Al/c1-3-11(4-2)10-8-6-5-7-9-10;1-5(2,3)4;/h5-9H,3-4H2,1-2H3;1-4H3;/q;+1;+3. The van der Waals surface area contributed by atoms with Crippen LogP contribution in [0.25, 0.3) is 0 Å². The van der Waals surface area contributed by atoms with Gasteiger partial charge in [-0.1, -0.05) is 18.2 Å². The van der Waals surface area contributed by atoms with E-state index < -0.39 is 0 Å². The Morgan fingerprint density at radius 3 is 1.53 bits per heavy atom. The quantitative estimate of drug-likeness (QED) is 0.588. The Morgan fingerprint density at radius 1 is 0.882 bits per heavy atom. The molecule has 0 aliphatic rings. The average molecular weight is 250 g/mol. The number of rotatable bonds is 3. The Hall–Kier alpha value is -0.488. The van der Waals surface area contributed by atoms with Crippen molar-refractivity contribution in [2.45, 2.75) is 13.8 Å². The van der Waals surface area contributed by atoms with Crippen molar-refractivity contribution in [2.75, 3.05) is 46.2 Å². The van der Waals surface area contributed by atoms with Gasteiger partial charge in [-0.3, -0.25) is 0 Å². The van der Waals surface area contributed by atoms with E-state index in [0.29, 0.717) is 0 Å². The maximum absolute atomic E-state index is 2.33. The molecule has 3 heteroatoms. The molecule has 92 valence electrons. The van der Waals surface area contributed by atoms with E-state index in [9.17, 15) is 0 Å². The van der Waals surface area contributed by atoms with Gasteiger partial charge in [-0.25, -0.2) is 0 Å². The molecular formula is C14H27AlN2+4. The summed E-state index contributed by atoms with van der Waals surface area (Å²) in [6.45, 7) is 6.52. The minimum Gasteiger partial charge on any atom is -0.372 e. The number of para-hydroxylation sites is 1. The zero-order valence-electron chi connectivity index (χ0n) is 12.3. The van der Waals surface area contributed by atoms with Crippen molar-refractivity contribution in [3.8, 4) is 0 Å². The summed E-state index contributed by atoms with van der Waals surface area (Å²) in [4.78, 5) is 2.33. The van der Waals surface area contributed by atoms with Crippen LogP contribution >= 0.6 is 0 Å². The predicted molar refractivity (Wildman–Crippen MR) is 79.7 cm³/mol. The van der Waals surface area contributed by atoms with Crippen LogP contribution in [-0.2, 0) is 0 Å². The first-order chi connectivity index (χ1) is 7.38. The molecule has 0 aromatic heterocycles. The fraction of sp³-hybridized carbons (Fsp3) is 0.571. The van der Waals surface area contributed by atoms with E-state index in [-0.39, 0.29) is 17.4 Å². The second-order valence-corrected chi connectivity index (χ2v) is 5.19. The third kappa shape index (κ3) is 11.8. The van der Waals surface area contributed by atoms with Gasteiger partial charge in [0.1, 0.15) is 0 Å². The smallest absolute Gasteiger partial charge is 0.372 e. The summed E-state index contributed by atoms with van der Waals surface area (Å²) in [5.74, 6) is 0. The van der Waals surface area contributed by atoms with Gasteiger partial charge >= 0.3 is 17.4 Å². The van der Waals surface area contributed by atoms with Crippen molar-refractivity contribution in [2.24, 2.45) is 0 Å². The SMILES string of the molecule is CCN(CC)c1ccccc1.C[N+](C)(C)C.[Al+3]. The van der Waals surface area contributed by atoms with Crippen LogP contribution in [-0.4, -0.2) is 63.1 Å². The number of nitrogens with zero attached hydrogens (tertiary/aromatic N) is 2. The summed E-state index contributed by atoms with van der Waals surface area (Å²) in [6.07, 6.45) is 0. The van der Waals surface area contributed by atoms with Crippen LogP contribution in [0, 0.1) is 0 Å². The molecule has 1 aromatic carbocycles. The summed E-state index contributed by atoms with van der Waals surface area (Å²) in [5.41, 5.74) is 1.32. The van der Waals surface area contributed by atoms with Gasteiger partial charge in [-0.05, 0) is 26.0 Å². The second kappa shape index (κ2) is 9.53. The third-order valence-electron chi connectivity index (χ3n) is 1.88. The summed E-state index contributed by atoms with van der Waals surface area (Å²) in [5, 5.41) is 0. The van der Waals surface area contributed by atoms with Crippen molar-refractivity contribution >= 4 is 23.0 Å². The van der Waals surface area contributed by atoms with Gasteiger partial charge in [-0.2, -0.15) is 0 Å². The van der Waals surface area contributed by atoms with Gasteiger partial charge < -0.3 is 9.38 Å². The number of anilines is 1. The van der Waals surface area contributed by atoms with Gasteiger partial charge in [0, 0.05) is 18.8 Å². The van der Waals surface area contributed by atoms with E-state index in [4.69, 9.17) is 0 Å². The van der Waals surface area contributed by atoms with E-state index >= 15 is 0 Å². The molecule has 0 heterocycles. The number of quaternary nitrogens is 1. The first kappa shape index (κ1) is 18.9. The number of hydrogen-bond acceptors (Lipinski definition) is 1. The molecule has 0 spiro atoms.